The Morgan fingerprint density at radius 1 is 1.12 bits per heavy atom. The maximum atomic E-state index is 12.9. The van der Waals surface area contributed by atoms with Crippen LogP contribution in [0.25, 0.3) is 11.0 Å². The zero-order chi connectivity index (χ0) is 23.5. The molecule has 0 aliphatic heterocycles. The molecule has 2 aromatic carbocycles. The molecule has 0 bridgehead atoms. The molecule has 32 heavy (non-hydrogen) atoms. The Bertz CT molecular complexity index is 1230. The molecule has 3 rings (SSSR count). The first kappa shape index (κ1) is 24.2. The van der Waals surface area contributed by atoms with E-state index in [2.05, 4.69) is 4.98 Å². The van der Waals surface area contributed by atoms with Crippen LogP contribution in [0.4, 0.5) is 0 Å². The third kappa shape index (κ3) is 4.98. The van der Waals surface area contributed by atoms with Crippen LogP contribution in [0.3, 0.4) is 0 Å². The molecule has 0 atom stereocenters. The van der Waals surface area contributed by atoms with Crippen LogP contribution in [-0.2, 0) is 27.8 Å². The first-order valence-corrected chi connectivity index (χ1v) is 12.5. The second kappa shape index (κ2) is 10.0. The standard InChI is InChI=1S/C23H28ClN3O4S/c1-5-26(6-2)32(29,30)17-9-11-20-19(15-17)25-22(27(20)7-3)12-13-23(28)31-21-14-16(4)8-10-18(21)24/h8-11,14-15H,5-7,12-13H2,1-4H3. The number of aryl methyl sites for hydroxylation is 3. The summed E-state index contributed by atoms with van der Waals surface area (Å²) >= 11 is 6.11. The highest BCUT2D eigenvalue weighted by molar-refractivity contribution is 7.89. The highest BCUT2D eigenvalue weighted by Crippen LogP contribution is 2.26. The van der Waals surface area contributed by atoms with Crippen molar-refractivity contribution in [3.63, 3.8) is 0 Å². The number of fused-ring (bicyclic) bond motifs is 1. The number of esters is 1. The summed E-state index contributed by atoms with van der Waals surface area (Å²) in [6.07, 6.45) is 0.487. The van der Waals surface area contributed by atoms with E-state index < -0.39 is 16.0 Å². The van der Waals surface area contributed by atoms with Crippen molar-refractivity contribution < 1.29 is 17.9 Å². The molecule has 1 aromatic heterocycles. The van der Waals surface area contributed by atoms with Crippen molar-refractivity contribution in [3.05, 3.63) is 52.8 Å². The van der Waals surface area contributed by atoms with E-state index in [1.165, 1.54) is 4.31 Å². The van der Waals surface area contributed by atoms with Gasteiger partial charge in [0.2, 0.25) is 10.0 Å². The zero-order valence-corrected chi connectivity index (χ0v) is 20.3. The van der Waals surface area contributed by atoms with Crippen LogP contribution in [0.1, 0.15) is 38.6 Å². The van der Waals surface area contributed by atoms with Gasteiger partial charge in [-0.05, 0) is 49.7 Å². The first-order chi connectivity index (χ1) is 15.2. The summed E-state index contributed by atoms with van der Waals surface area (Å²) in [5.74, 6) is 0.635. The van der Waals surface area contributed by atoms with Crippen molar-refractivity contribution in [1.82, 2.24) is 13.9 Å². The Morgan fingerprint density at radius 2 is 1.84 bits per heavy atom. The molecule has 7 nitrogen and oxygen atoms in total. The van der Waals surface area contributed by atoms with Crippen molar-refractivity contribution >= 4 is 38.6 Å². The molecule has 0 spiro atoms. The number of nitrogens with zero attached hydrogens (tertiary/aromatic N) is 3. The van der Waals surface area contributed by atoms with E-state index in [-0.39, 0.29) is 11.3 Å². The van der Waals surface area contributed by atoms with Crippen LogP contribution in [0, 0.1) is 6.92 Å². The minimum absolute atomic E-state index is 0.123. The van der Waals surface area contributed by atoms with Crippen LogP contribution in [0.2, 0.25) is 5.02 Å². The second-order valence-electron chi connectivity index (χ2n) is 7.42. The van der Waals surface area contributed by atoms with Gasteiger partial charge in [0.15, 0.2) is 0 Å². The number of carbonyl (C=O) groups excluding carboxylic acids is 1. The third-order valence-electron chi connectivity index (χ3n) is 5.32. The molecule has 172 valence electrons. The normalized spacial score (nSPS) is 11.9. The summed E-state index contributed by atoms with van der Waals surface area (Å²) < 4.78 is 34.5. The topological polar surface area (TPSA) is 81.5 Å². The molecule has 0 radical (unpaired) electrons. The number of ether oxygens (including phenoxy) is 1. The van der Waals surface area contributed by atoms with E-state index in [4.69, 9.17) is 16.3 Å². The quantitative estimate of drug-likeness (QED) is 0.332. The SMILES string of the molecule is CCN(CC)S(=O)(=O)c1ccc2c(c1)nc(CCC(=O)Oc1cc(C)ccc1Cl)n2CC. The Kier molecular flexibility index (Phi) is 7.59. The van der Waals surface area contributed by atoms with E-state index in [1.54, 1.807) is 30.3 Å². The fraction of sp³-hybridized carbons (Fsp3) is 0.391. The minimum atomic E-state index is -3.57. The van der Waals surface area contributed by atoms with Gasteiger partial charge in [0.1, 0.15) is 11.6 Å². The number of carbonyl (C=O) groups is 1. The number of hydrogen-bond acceptors (Lipinski definition) is 5. The molecule has 0 saturated carbocycles. The molecule has 0 unspecified atom stereocenters. The lowest BCUT2D eigenvalue weighted by Crippen LogP contribution is -2.30. The van der Waals surface area contributed by atoms with Gasteiger partial charge in [-0.2, -0.15) is 4.31 Å². The number of aromatic nitrogens is 2. The number of benzene rings is 2. The number of rotatable bonds is 9. The van der Waals surface area contributed by atoms with E-state index in [0.29, 0.717) is 48.2 Å². The van der Waals surface area contributed by atoms with Crippen LogP contribution in [0.15, 0.2) is 41.3 Å². The van der Waals surface area contributed by atoms with E-state index in [9.17, 15) is 13.2 Å². The summed E-state index contributed by atoms with van der Waals surface area (Å²) in [7, 11) is -3.57. The highest BCUT2D eigenvalue weighted by atomic mass is 35.5. The molecule has 9 heteroatoms. The minimum Gasteiger partial charge on any atom is -0.425 e. The van der Waals surface area contributed by atoms with Gasteiger partial charge < -0.3 is 9.30 Å². The van der Waals surface area contributed by atoms with Crippen molar-refractivity contribution in [2.24, 2.45) is 0 Å². The monoisotopic (exact) mass is 477 g/mol. The first-order valence-electron chi connectivity index (χ1n) is 10.7. The lowest BCUT2D eigenvalue weighted by Gasteiger charge is -2.18. The number of imidazole rings is 1. The van der Waals surface area contributed by atoms with Gasteiger partial charge in [-0.3, -0.25) is 4.79 Å². The van der Waals surface area contributed by atoms with Gasteiger partial charge in [-0.25, -0.2) is 13.4 Å². The Balaban J connectivity index is 1.82. The summed E-state index contributed by atoms with van der Waals surface area (Å²) in [4.78, 5) is 17.2. The van der Waals surface area contributed by atoms with Gasteiger partial charge in [0, 0.05) is 26.1 Å². The maximum absolute atomic E-state index is 12.9. The molecule has 1 heterocycles. The van der Waals surface area contributed by atoms with Crippen LogP contribution < -0.4 is 4.74 Å². The van der Waals surface area contributed by atoms with E-state index in [1.807, 2.05) is 38.3 Å². The fourth-order valence-corrected chi connectivity index (χ4v) is 5.29. The van der Waals surface area contributed by atoms with E-state index in [0.717, 1.165) is 11.1 Å². The second-order valence-corrected chi connectivity index (χ2v) is 9.77. The molecule has 0 fully saturated rings. The van der Waals surface area contributed by atoms with Crippen molar-refractivity contribution in [1.29, 1.82) is 0 Å². The molecular formula is C23H28ClN3O4S. The van der Waals surface area contributed by atoms with Crippen molar-refractivity contribution in [2.75, 3.05) is 13.1 Å². The van der Waals surface area contributed by atoms with Crippen LogP contribution >= 0.6 is 11.6 Å². The summed E-state index contributed by atoms with van der Waals surface area (Å²) in [5.41, 5.74) is 2.36. The lowest BCUT2D eigenvalue weighted by molar-refractivity contribution is -0.134. The number of halogens is 1. The molecule has 0 aliphatic carbocycles. The number of sulfonamides is 1. The van der Waals surface area contributed by atoms with Gasteiger partial charge in [-0.15, -0.1) is 0 Å². The van der Waals surface area contributed by atoms with Gasteiger partial charge in [0.05, 0.1) is 27.4 Å². The highest BCUT2D eigenvalue weighted by Gasteiger charge is 2.23. The zero-order valence-electron chi connectivity index (χ0n) is 18.8. The molecule has 0 amide bonds. The summed E-state index contributed by atoms with van der Waals surface area (Å²) in [6, 6.07) is 10.2. The Hall–Kier alpha value is -2.42. The fourth-order valence-electron chi connectivity index (χ4n) is 3.65. The molecular weight excluding hydrogens is 450 g/mol. The van der Waals surface area contributed by atoms with Crippen molar-refractivity contribution in [3.8, 4) is 5.75 Å². The smallest absolute Gasteiger partial charge is 0.311 e. The maximum Gasteiger partial charge on any atom is 0.311 e. The molecule has 0 saturated heterocycles. The lowest BCUT2D eigenvalue weighted by atomic mass is 10.2. The average Bonchev–Trinajstić information content (AvgIpc) is 3.12. The van der Waals surface area contributed by atoms with Crippen molar-refractivity contribution in [2.45, 2.75) is 52.0 Å². The van der Waals surface area contributed by atoms with Crippen LogP contribution in [0.5, 0.6) is 5.75 Å². The Morgan fingerprint density at radius 3 is 2.50 bits per heavy atom. The predicted octanol–water partition coefficient (Wildman–Crippen LogP) is 4.59. The molecule has 0 N–H and O–H groups in total. The predicted molar refractivity (Wildman–Crippen MR) is 126 cm³/mol. The molecule has 3 aromatic rings. The summed E-state index contributed by atoms with van der Waals surface area (Å²) in [6.45, 7) is 8.95. The number of hydrogen-bond donors (Lipinski definition) is 0. The molecule has 0 aliphatic rings. The van der Waals surface area contributed by atoms with Gasteiger partial charge >= 0.3 is 5.97 Å². The van der Waals surface area contributed by atoms with Crippen LogP contribution in [-0.4, -0.2) is 41.3 Å². The largest absolute Gasteiger partial charge is 0.425 e. The van der Waals surface area contributed by atoms with Gasteiger partial charge in [-0.1, -0.05) is 31.5 Å². The Labute approximate surface area is 194 Å². The summed E-state index contributed by atoms with van der Waals surface area (Å²) in [5, 5.41) is 0.381. The average molecular weight is 478 g/mol. The van der Waals surface area contributed by atoms with Gasteiger partial charge in [0.25, 0.3) is 0 Å². The van der Waals surface area contributed by atoms with E-state index >= 15 is 0 Å². The third-order valence-corrected chi connectivity index (χ3v) is 7.68.